The summed E-state index contributed by atoms with van der Waals surface area (Å²) in [6, 6.07) is 8.35. The summed E-state index contributed by atoms with van der Waals surface area (Å²) < 4.78 is 23.7. The van der Waals surface area contributed by atoms with E-state index in [1.54, 1.807) is 0 Å². The highest BCUT2D eigenvalue weighted by Gasteiger charge is 2.29. The number of nitrogen functional groups attached to an aromatic ring is 1. The van der Waals surface area contributed by atoms with Crippen LogP contribution in [0.4, 0.5) is 5.69 Å². The molecule has 0 atom stereocenters. The second-order valence-corrected chi connectivity index (χ2v) is 7.86. The van der Waals surface area contributed by atoms with Crippen LogP contribution in [-0.2, 0) is 16.4 Å². The predicted octanol–water partition coefficient (Wildman–Crippen LogP) is 2.06. The van der Waals surface area contributed by atoms with Gasteiger partial charge in [0, 0.05) is 30.6 Å². The number of nitrogens with two attached hydrogens (primary N) is 1. The lowest BCUT2D eigenvalue weighted by atomic mass is 10.1. The van der Waals surface area contributed by atoms with E-state index in [-0.39, 0.29) is 5.75 Å². The van der Waals surface area contributed by atoms with Gasteiger partial charge in [-0.25, -0.2) is 8.42 Å². The highest BCUT2D eigenvalue weighted by molar-refractivity contribution is 7.91. The Labute approximate surface area is 121 Å². The standard InChI is InChI=1S/C15H24N2O2S/c1-2-10-20(18,19)11-9-17(14-7-8-14)12-13-5-3-4-6-15(13)16/h3-6,14H,2,7-12,16H2,1H3. The van der Waals surface area contributed by atoms with Crippen LogP contribution in [0.3, 0.4) is 0 Å². The van der Waals surface area contributed by atoms with Crippen LogP contribution in [0, 0.1) is 0 Å². The molecule has 0 bridgehead atoms. The van der Waals surface area contributed by atoms with Gasteiger partial charge in [-0.3, -0.25) is 4.90 Å². The molecule has 0 aromatic heterocycles. The van der Waals surface area contributed by atoms with Gasteiger partial charge in [0.25, 0.3) is 0 Å². The van der Waals surface area contributed by atoms with E-state index in [1.807, 2.05) is 31.2 Å². The highest BCUT2D eigenvalue weighted by Crippen LogP contribution is 2.29. The van der Waals surface area contributed by atoms with E-state index >= 15 is 0 Å². The third-order valence-electron chi connectivity index (χ3n) is 3.70. The fourth-order valence-corrected chi connectivity index (χ4v) is 3.74. The molecule has 2 rings (SSSR count). The van der Waals surface area contributed by atoms with E-state index in [2.05, 4.69) is 4.90 Å². The van der Waals surface area contributed by atoms with Crippen molar-refractivity contribution in [2.45, 2.75) is 38.8 Å². The number of para-hydroxylation sites is 1. The molecule has 1 aromatic carbocycles. The molecule has 4 nitrogen and oxygen atoms in total. The molecule has 1 aromatic rings. The normalized spacial score (nSPS) is 15.7. The van der Waals surface area contributed by atoms with Gasteiger partial charge in [-0.05, 0) is 30.9 Å². The van der Waals surface area contributed by atoms with Gasteiger partial charge in [0.15, 0.2) is 9.84 Å². The van der Waals surface area contributed by atoms with Crippen LogP contribution in [0.1, 0.15) is 31.7 Å². The van der Waals surface area contributed by atoms with Crippen molar-refractivity contribution in [3.05, 3.63) is 29.8 Å². The quantitative estimate of drug-likeness (QED) is 0.746. The molecule has 112 valence electrons. The summed E-state index contributed by atoms with van der Waals surface area (Å²) in [6.45, 7) is 3.27. The number of hydrogen-bond acceptors (Lipinski definition) is 4. The minimum Gasteiger partial charge on any atom is -0.398 e. The Kier molecular flexibility index (Phi) is 5.05. The van der Waals surface area contributed by atoms with Crippen LogP contribution in [0.25, 0.3) is 0 Å². The molecule has 1 aliphatic carbocycles. The summed E-state index contributed by atoms with van der Waals surface area (Å²) in [7, 11) is -2.91. The van der Waals surface area contributed by atoms with Gasteiger partial charge in [-0.1, -0.05) is 25.1 Å². The lowest BCUT2D eigenvalue weighted by Crippen LogP contribution is -2.31. The first kappa shape index (κ1) is 15.3. The Hall–Kier alpha value is -1.07. The lowest BCUT2D eigenvalue weighted by molar-refractivity contribution is 0.270. The fourth-order valence-electron chi connectivity index (χ4n) is 2.40. The van der Waals surface area contributed by atoms with E-state index in [0.29, 0.717) is 24.8 Å². The summed E-state index contributed by atoms with van der Waals surface area (Å²) in [4.78, 5) is 2.26. The molecular formula is C15H24N2O2S. The van der Waals surface area contributed by atoms with Gasteiger partial charge >= 0.3 is 0 Å². The van der Waals surface area contributed by atoms with E-state index < -0.39 is 9.84 Å². The zero-order valence-electron chi connectivity index (χ0n) is 12.1. The van der Waals surface area contributed by atoms with Crippen molar-refractivity contribution >= 4 is 15.5 Å². The van der Waals surface area contributed by atoms with Gasteiger partial charge in [-0.2, -0.15) is 0 Å². The van der Waals surface area contributed by atoms with Gasteiger partial charge in [0.2, 0.25) is 0 Å². The van der Waals surface area contributed by atoms with E-state index in [4.69, 9.17) is 5.73 Å². The Morgan fingerprint density at radius 3 is 2.55 bits per heavy atom. The molecule has 0 heterocycles. The fraction of sp³-hybridized carbons (Fsp3) is 0.600. The Bertz CT molecular complexity index is 539. The molecular weight excluding hydrogens is 272 g/mol. The second-order valence-electron chi connectivity index (χ2n) is 5.55. The van der Waals surface area contributed by atoms with Gasteiger partial charge in [0.1, 0.15) is 0 Å². The van der Waals surface area contributed by atoms with Crippen LogP contribution in [0.15, 0.2) is 24.3 Å². The summed E-state index contributed by atoms with van der Waals surface area (Å²) >= 11 is 0. The molecule has 20 heavy (non-hydrogen) atoms. The topological polar surface area (TPSA) is 63.4 Å². The lowest BCUT2D eigenvalue weighted by Gasteiger charge is -2.22. The third-order valence-corrected chi connectivity index (χ3v) is 5.53. The van der Waals surface area contributed by atoms with Crippen molar-refractivity contribution in [2.24, 2.45) is 0 Å². The number of rotatable bonds is 8. The van der Waals surface area contributed by atoms with Crippen LogP contribution in [0.5, 0.6) is 0 Å². The van der Waals surface area contributed by atoms with E-state index in [9.17, 15) is 8.42 Å². The second kappa shape index (κ2) is 6.59. The van der Waals surface area contributed by atoms with Crippen molar-refractivity contribution in [1.29, 1.82) is 0 Å². The molecule has 1 saturated carbocycles. The molecule has 0 aliphatic heterocycles. The monoisotopic (exact) mass is 296 g/mol. The van der Waals surface area contributed by atoms with Crippen LogP contribution >= 0.6 is 0 Å². The maximum absolute atomic E-state index is 11.8. The summed E-state index contributed by atoms with van der Waals surface area (Å²) in [6.07, 6.45) is 3.03. The summed E-state index contributed by atoms with van der Waals surface area (Å²) in [5, 5.41) is 0. The molecule has 1 fully saturated rings. The molecule has 5 heteroatoms. The maximum Gasteiger partial charge on any atom is 0.151 e. The van der Waals surface area contributed by atoms with Crippen molar-refractivity contribution in [3.8, 4) is 0 Å². The molecule has 0 radical (unpaired) electrons. The first-order chi connectivity index (χ1) is 9.52. The van der Waals surface area contributed by atoms with Crippen LogP contribution in [0.2, 0.25) is 0 Å². The third kappa shape index (κ3) is 4.49. The number of nitrogens with zero attached hydrogens (tertiary/aromatic N) is 1. The van der Waals surface area contributed by atoms with Gasteiger partial charge in [-0.15, -0.1) is 0 Å². The van der Waals surface area contributed by atoms with E-state index in [0.717, 1.165) is 17.8 Å². The minimum absolute atomic E-state index is 0.254. The SMILES string of the molecule is CCCS(=O)(=O)CCN(Cc1ccccc1N)C1CC1. The van der Waals surface area contributed by atoms with Crippen molar-refractivity contribution in [1.82, 2.24) is 4.90 Å². The van der Waals surface area contributed by atoms with E-state index in [1.165, 1.54) is 12.8 Å². The highest BCUT2D eigenvalue weighted by atomic mass is 32.2. The Morgan fingerprint density at radius 1 is 1.25 bits per heavy atom. The average molecular weight is 296 g/mol. The zero-order valence-corrected chi connectivity index (χ0v) is 12.9. The van der Waals surface area contributed by atoms with Crippen molar-refractivity contribution in [3.63, 3.8) is 0 Å². The summed E-state index contributed by atoms with van der Waals surface area (Å²) in [5.74, 6) is 0.545. The van der Waals surface area contributed by atoms with Gasteiger partial charge < -0.3 is 5.73 Å². The summed E-state index contributed by atoms with van der Waals surface area (Å²) in [5.41, 5.74) is 7.85. The molecule has 1 aliphatic rings. The Morgan fingerprint density at radius 2 is 1.95 bits per heavy atom. The first-order valence-corrected chi connectivity index (χ1v) is 9.12. The average Bonchev–Trinajstić information content (AvgIpc) is 3.21. The van der Waals surface area contributed by atoms with Gasteiger partial charge in [0.05, 0.1) is 5.75 Å². The number of sulfone groups is 1. The minimum atomic E-state index is -2.91. The van der Waals surface area contributed by atoms with Crippen molar-refractivity contribution < 1.29 is 8.42 Å². The molecule has 0 unspecified atom stereocenters. The van der Waals surface area contributed by atoms with Crippen LogP contribution in [-0.4, -0.2) is 37.4 Å². The molecule has 2 N–H and O–H groups in total. The maximum atomic E-state index is 11.8. The van der Waals surface area contributed by atoms with Crippen molar-refractivity contribution in [2.75, 3.05) is 23.8 Å². The van der Waals surface area contributed by atoms with Crippen LogP contribution < -0.4 is 5.73 Å². The number of anilines is 1. The molecule has 0 amide bonds. The number of benzene rings is 1. The largest absolute Gasteiger partial charge is 0.398 e. The predicted molar refractivity (Wildman–Crippen MR) is 83.2 cm³/mol. The first-order valence-electron chi connectivity index (χ1n) is 7.29. The zero-order chi connectivity index (χ0) is 14.6. The smallest absolute Gasteiger partial charge is 0.151 e. The Balaban J connectivity index is 1.97. The molecule has 0 saturated heterocycles. The number of hydrogen-bond donors (Lipinski definition) is 1. The molecule has 0 spiro atoms.